The van der Waals surface area contributed by atoms with Crippen molar-refractivity contribution in [1.82, 2.24) is 5.32 Å². The van der Waals surface area contributed by atoms with Gasteiger partial charge in [0.25, 0.3) is 5.91 Å². The van der Waals surface area contributed by atoms with Crippen LogP contribution in [-0.2, 0) is 0 Å². The molecule has 1 aliphatic rings. The van der Waals surface area contributed by atoms with Crippen molar-refractivity contribution in [2.75, 3.05) is 5.32 Å². The predicted molar refractivity (Wildman–Crippen MR) is 78.0 cm³/mol. The maximum absolute atomic E-state index is 13.4. The van der Waals surface area contributed by atoms with E-state index in [0.717, 1.165) is 31.4 Å². The number of rotatable bonds is 4. The molecule has 1 fully saturated rings. The fraction of sp³-hybridized carbons (Fsp3) is 0.438. The molecule has 0 spiro atoms. The summed E-state index contributed by atoms with van der Waals surface area (Å²) in [5.41, 5.74) is -0.511. The summed E-state index contributed by atoms with van der Waals surface area (Å²) in [7, 11) is 0. The van der Waals surface area contributed by atoms with Crippen LogP contribution < -0.4 is 10.6 Å². The lowest BCUT2D eigenvalue weighted by molar-refractivity contribution is 0.0930. The lowest BCUT2D eigenvalue weighted by atomic mass is 9.92. The molecule has 1 aromatic rings. The minimum Gasteiger partial charge on any atom is -0.382 e. The monoisotopic (exact) mass is 292 g/mol. The minimum atomic E-state index is -1.06. The Labute approximate surface area is 123 Å². The third kappa shape index (κ3) is 3.52. The summed E-state index contributed by atoms with van der Waals surface area (Å²) in [6.45, 7) is 3.31. The molecule has 21 heavy (non-hydrogen) atoms. The molecule has 0 saturated heterocycles. The van der Waals surface area contributed by atoms with E-state index in [4.69, 9.17) is 6.42 Å². The first-order valence-electron chi connectivity index (χ1n) is 6.88. The number of hydrogen-bond acceptors (Lipinski definition) is 2. The second kappa shape index (κ2) is 5.72. The van der Waals surface area contributed by atoms with Gasteiger partial charge in [-0.25, -0.2) is 8.78 Å². The van der Waals surface area contributed by atoms with Gasteiger partial charge < -0.3 is 10.6 Å². The molecule has 0 aliphatic heterocycles. The topological polar surface area (TPSA) is 41.1 Å². The number of halogens is 2. The SMILES string of the molecule is C#CC(C)(C)NC(=O)c1cc(F)c(F)cc1NC1CCC1. The van der Waals surface area contributed by atoms with Crippen molar-refractivity contribution in [2.24, 2.45) is 0 Å². The molecule has 3 nitrogen and oxygen atoms in total. The van der Waals surface area contributed by atoms with E-state index in [1.54, 1.807) is 13.8 Å². The van der Waals surface area contributed by atoms with Crippen LogP contribution in [0, 0.1) is 24.0 Å². The summed E-state index contributed by atoms with van der Waals surface area (Å²) >= 11 is 0. The maximum atomic E-state index is 13.4. The molecule has 1 aromatic carbocycles. The molecule has 1 saturated carbocycles. The van der Waals surface area contributed by atoms with E-state index in [1.165, 1.54) is 0 Å². The number of nitrogens with one attached hydrogen (secondary N) is 2. The van der Waals surface area contributed by atoms with Crippen molar-refractivity contribution in [3.8, 4) is 12.3 Å². The number of terminal acetylenes is 1. The molecule has 2 N–H and O–H groups in total. The van der Waals surface area contributed by atoms with Crippen molar-refractivity contribution in [3.05, 3.63) is 29.3 Å². The summed E-state index contributed by atoms with van der Waals surface area (Å²) in [5, 5.41) is 5.69. The number of benzene rings is 1. The Morgan fingerprint density at radius 2 is 1.95 bits per heavy atom. The van der Waals surface area contributed by atoms with Gasteiger partial charge in [-0.3, -0.25) is 4.79 Å². The van der Waals surface area contributed by atoms with E-state index in [1.807, 2.05) is 0 Å². The van der Waals surface area contributed by atoms with Crippen molar-refractivity contribution < 1.29 is 13.6 Å². The van der Waals surface area contributed by atoms with Gasteiger partial charge in [0.1, 0.15) is 0 Å². The number of hydrogen-bond donors (Lipinski definition) is 2. The number of anilines is 1. The zero-order valence-corrected chi connectivity index (χ0v) is 12.1. The lowest BCUT2D eigenvalue weighted by Crippen LogP contribution is -2.42. The van der Waals surface area contributed by atoms with E-state index >= 15 is 0 Å². The van der Waals surface area contributed by atoms with Gasteiger partial charge in [-0.15, -0.1) is 6.42 Å². The molecular formula is C16H18F2N2O. The summed E-state index contributed by atoms with van der Waals surface area (Å²) in [5.74, 6) is -0.138. The van der Waals surface area contributed by atoms with E-state index in [9.17, 15) is 13.6 Å². The largest absolute Gasteiger partial charge is 0.382 e. The van der Waals surface area contributed by atoms with E-state index in [-0.39, 0.29) is 11.6 Å². The maximum Gasteiger partial charge on any atom is 0.254 e. The normalized spacial score (nSPS) is 15.0. The average Bonchev–Trinajstić information content (AvgIpc) is 2.36. The van der Waals surface area contributed by atoms with Crippen LogP contribution in [0.25, 0.3) is 0 Å². The summed E-state index contributed by atoms with van der Waals surface area (Å²) in [6, 6.07) is 2.12. The molecule has 0 bridgehead atoms. The highest BCUT2D eigenvalue weighted by Crippen LogP contribution is 2.27. The number of carbonyl (C=O) groups is 1. The molecule has 112 valence electrons. The fourth-order valence-electron chi connectivity index (χ4n) is 2.01. The molecule has 1 aliphatic carbocycles. The molecule has 0 heterocycles. The fourth-order valence-corrected chi connectivity index (χ4v) is 2.01. The van der Waals surface area contributed by atoms with Crippen molar-refractivity contribution in [3.63, 3.8) is 0 Å². The van der Waals surface area contributed by atoms with Crippen LogP contribution in [0.2, 0.25) is 0 Å². The highest BCUT2D eigenvalue weighted by Gasteiger charge is 2.24. The molecular weight excluding hydrogens is 274 g/mol. The van der Waals surface area contributed by atoms with Gasteiger partial charge in [0.2, 0.25) is 0 Å². The Kier molecular flexibility index (Phi) is 4.17. The minimum absolute atomic E-state index is 0.0594. The van der Waals surface area contributed by atoms with Crippen LogP contribution in [-0.4, -0.2) is 17.5 Å². The first-order chi connectivity index (χ1) is 9.82. The Morgan fingerprint density at radius 3 is 2.48 bits per heavy atom. The van der Waals surface area contributed by atoms with Crippen LogP contribution in [0.1, 0.15) is 43.5 Å². The summed E-state index contributed by atoms with van der Waals surface area (Å²) in [4.78, 5) is 12.3. The second-order valence-corrected chi connectivity index (χ2v) is 5.81. The lowest BCUT2D eigenvalue weighted by Gasteiger charge is -2.29. The zero-order valence-electron chi connectivity index (χ0n) is 12.1. The molecule has 0 aromatic heterocycles. The predicted octanol–water partition coefficient (Wildman–Crippen LogP) is 3.07. The molecule has 0 atom stereocenters. The average molecular weight is 292 g/mol. The second-order valence-electron chi connectivity index (χ2n) is 5.81. The third-order valence-electron chi connectivity index (χ3n) is 3.56. The van der Waals surface area contributed by atoms with Gasteiger partial charge >= 0.3 is 0 Å². The Morgan fingerprint density at radius 1 is 1.33 bits per heavy atom. The van der Waals surface area contributed by atoms with Gasteiger partial charge in [-0.05, 0) is 39.2 Å². The van der Waals surface area contributed by atoms with Gasteiger partial charge in [0, 0.05) is 12.1 Å². The van der Waals surface area contributed by atoms with Crippen molar-refractivity contribution in [1.29, 1.82) is 0 Å². The Balaban J connectivity index is 2.29. The van der Waals surface area contributed by atoms with Gasteiger partial charge in [0.15, 0.2) is 11.6 Å². The molecule has 0 unspecified atom stereocenters. The third-order valence-corrected chi connectivity index (χ3v) is 3.56. The molecule has 0 radical (unpaired) electrons. The van der Waals surface area contributed by atoms with E-state index in [0.29, 0.717) is 5.69 Å². The standard InChI is InChI=1S/C16H18F2N2O/c1-4-16(2,3)20-15(21)11-8-12(17)13(18)9-14(11)19-10-6-5-7-10/h1,8-10,19H,5-7H2,2-3H3,(H,20,21). The van der Waals surface area contributed by atoms with Gasteiger partial charge in [-0.1, -0.05) is 5.92 Å². The van der Waals surface area contributed by atoms with Gasteiger partial charge in [-0.2, -0.15) is 0 Å². The van der Waals surface area contributed by atoms with E-state index < -0.39 is 23.1 Å². The molecule has 1 amide bonds. The Bertz CT molecular complexity index is 601. The smallest absolute Gasteiger partial charge is 0.254 e. The van der Waals surface area contributed by atoms with Crippen LogP contribution in [0.15, 0.2) is 12.1 Å². The van der Waals surface area contributed by atoms with Crippen LogP contribution >= 0.6 is 0 Å². The van der Waals surface area contributed by atoms with Crippen molar-refractivity contribution >= 4 is 11.6 Å². The first-order valence-corrected chi connectivity index (χ1v) is 6.88. The van der Waals surface area contributed by atoms with Crippen LogP contribution in [0.4, 0.5) is 14.5 Å². The highest BCUT2D eigenvalue weighted by molar-refractivity contribution is 6.00. The van der Waals surface area contributed by atoms with Crippen molar-refractivity contribution in [2.45, 2.75) is 44.7 Å². The Hall–Kier alpha value is -2.09. The first kappa shape index (κ1) is 15.3. The summed E-state index contributed by atoms with van der Waals surface area (Å²) in [6.07, 6.45) is 8.32. The van der Waals surface area contributed by atoms with Crippen LogP contribution in [0.3, 0.4) is 0 Å². The number of amides is 1. The van der Waals surface area contributed by atoms with E-state index in [2.05, 4.69) is 16.6 Å². The molecule has 2 rings (SSSR count). The van der Waals surface area contributed by atoms with Gasteiger partial charge in [0.05, 0.1) is 16.8 Å². The molecule has 5 heteroatoms. The number of carbonyl (C=O) groups excluding carboxylic acids is 1. The van der Waals surface area contributed by atoms with Crippen LogP contribution in [0.5, 0.6) is 0 Å². The highest BCUT2D eigenvalue weighted by atomic mass is 19.2. The summed E-state index contributed by atoms with van der Waals surface area (Å²) < 4.78 is 26.9. The quantitative estimate of drug-likeness (QED) is 0.837. The zero-order chi connectivity index (χ0) is 15.6.